The van der Waals surface area contributed by atoms with Crippen molar-refractivity contribution in [1.29, 1.82) is 0 Å². The van der Waals surface area contributed by atoms with Gasteiger partial charge in [-0.05, 0) is 32.2 Å². The molecular weight excluding hydrogens is 257 g/mol. The molecule has 19 heavy (non-hydrogen) atoms. The third-order valence-electron chi connectivity index (χ3n) is 4.16. The van der Waals surface area contributed by atoms with E-state index < -0.39 is 12.8 Å². The zero-order valence-electron chi connectivity index (χ0n) is 11.4. The molecule has 1 N–H and O–H groups in total. The Kier molecular flexibility index (Phi) is 5.09. The van der Waals surface area contributed by atoms with Gasteiger partial charge in [0.15, 0.2) is 0 Å². The molecule has 0 amide bonds. The van der Waals surface area contributed by atoms with Crippen LogP contribution in [-0.2, 0) is 4.74 Å². The number of nitrogens with one attached hydrogen (secondary N) is 1. The lowest BCUT2D eigenvalue weighted by molar-refractivity contribution is -0.174. The summed E-state index contributed by atoms with van der Waals surface area (Å²) in [7, 11) is 0. The number of alkyl halides is 3. The molecule has 0 aliphatic carbocycles. The minimum absolute atomic E-state index is 0.159. The molecule has 0 aromatic heterocycles. The Morgan fingerprint density at radius 1 is 1.21 bits per heavy atom. The summed E-state index contributed by atoms with van der Waals surface area (Å²) in [4.78, 5) is 2.27. The van der Waals surface area contributed by atoms with Gasteiger partial charge < -0.3 is 10.1 Å². The Morgan fingerprint density at radius 2 is 1.84 bits per heavy atom. The van der Waals surface area contributed by atoms with Crippen LogP contribution in [-0.4, -0.2) is 55.5 Å². The molecule has 2 atom stereocenters. The molecule has 2 bridgehead atoms. The van der Waals surface area contributed by atoms with E-state index in [0.29, 0.717) is 24.7 Å². The molecule has 3 nitrogen and oxygen atoms in total. The van der Waals surface area contributed by atoms with Gasteiger partial charge in [-0.3, -0.25) is 4.90 Å². The molecular formula is C13H23F3N2O. The minimum atomic E-state index is -4.22. The van der Waals surface area contributed by atoms with Crippen LogP contribution in [0, 0.1) is 0 Å². The van der Waals surface area contributed by atoms with E-state index >= 15 is 0 Å². The van der Waals surface area contributed by atoms with E-state index in [1.165, 1.54) is 12.8 Å². The van der Waals surface area contributed by atoms with Crippen LogP contribution in [0.15, 0.2) is 0 Å². The van der Waals surface area contributed by atoms with E-state index in [4.69, 9.17) is 4.74 Å². The number of hydrogen-bond acceptors (Lipinski definition) is 3. The maximum atomic E-state index is 12.0. The summed E-state index contributed by atoms with van der Waals surface area (Å²) >= 11 is 0. The molecule has 2 unspecified atom stereocenters. The number of halogens is 3. The molecule has 2 rings (SSSR count). The van der Waals surface area contributed by atoms with Crippen LogP contribution in [0.4, 0.5) is 13.2 Å². The van der Waals surface area contributed by atoms with E-state index in [1.807, 2.05) is 0 Å². The number of nitrogens with zero attached hydrogens (tertiary/aromatic N) is 1. The normalized spacial score (nSPS) is 31.1. The summed E-state index contributed by atoms with van der Waals surface area (Å²) in [6.07, 6.45) is 0.491. The summed E-state index contributed by atoms with van der Waals surface area (Å²) < 4.78 is 40.6. The van der Waals surface area contributed by atoms with E-state index in [1.54, 1.807) is 0 Å². The van der Waals surface area contributed by atoms with Gasteiger partial charge in [0.05, 0.1) is 6.61 Å². The van der Waals surface area contributed by atoms with Crippen molar-refractivity contribution in [3.63, 3.8) is 0 Å². The largest absolute Gasteiger partial charge is 0.411 e. The first kappa shape index (κ1) is 15.1. The summed E-state index contributed by atoms with van der Waals surface area (Å²) in [5.41, 5.74) is 0. The van der Waals surface area contributed by atoms with E-state index in [9.17, 15) is 13.2 Å². The van der Waals surface area contributed by atoms with Crippen LogP contribution in [0.25, 0.3) is 0 Å². The highest BCUT2D eigenvalue weighted by molar-refractivity contribution is 4.95. The monoisotopic (exact) mass is 280 g/mol. The second-order valence-corrected chi connectivity index (χ2v) is 5.56. The van der Waals surface area contributed by atoms with E-state index in [2.05, 4.69) is 17.1 Å². The zero-order valence-corrected chi connectivity index (χ0v) is 11.4. The topological polar surface area (TPSA) is 24.5 Å². The average molecular weight is 280 g/mol. The van der Waals surface area contributed by atoms with Gasteiger partial charge in [-0.25, -0.2) is 0 Å². The summed E-state index contributed by atoms with van der Waals surface area (Å²) in [6, 6.07) is 1.71. The van der Waals surface area contributed by atoms with Crippen molar-refractivity contribution in [2.24, 2.45) is 0 Å². The maximum absolute atomic E-state index is 12.0. The average Bonchev–Trinajstić information content (AvgIpc) is 2.67. The van der Waals surface area contributed by atoms with Crippen LogP contribution >= 0.6 is 0 Å². The van der Waals surface area contributed by atoms with Gasteiger partial charge in [0.1, 0.15) is 6.61 Å². The molecule has 112 valence electrons. The van der Waals surface area contributed by atoms with Crippen molar-refractivity contribution in [3.8, 4) is 0 Å². The lowest BCUT2D eigenvalue weighted by atomic mass is 9.98. The number of rotatable bonds is 6. The third-order valence-corrected chi connectivity index (χ3v) is 4.16. The first-order valence-corrected chi connectivity index (χ1v) is 7.12. The number of likely N-dealkylation sites (N-methyl/N-ethyl adjacent to an activating group) is 1. The van der Waals surface area contributed by atoms with Crippen LogP contribution in [0.3, 0.4) is 0 Å². The molecule has 0 saturated carbocycles. The van der Waals surface area contributed by atoms with Crippen molar-refractivity contribution in [3.05, 3.63) is 0 Å². The van der Waals surface area contributed by atoms with E-state index in [-0.39, 0.29) is 6.61 Å². The second kappa shape index (κ2) is 6.41. The third kappa shape index (κ3) is 4.61. The van der Waals surface area contributed by atoms with E-state index in [0.717, 1.165) is 19.4 Å². The second-order valence-electron chi connectivity index (χ2n) is 5.56. The summed E-state index contributed by atoms with van der Waals surface area (Å²) in [5, 5.41) is 3.58. The Bertz CT molecular complexity index is 274. The number of hydrogen-bond donors (Lipinski definition) is 1. The lowest BCUT2D eigenvalue weighted by Crippen LogP contribution is -2.49. The van der Waals surface area contributed by atoms with Gasteiger partial charge in [-0.1, -0.05) is 6.92 Å². The fourth-order valence-corrected chi connectivity index (χ4v) is 3.29. The quantitative estimate of drug-likeness (QED) is 0.755. The predicted molar refractivity (Wildman–Crippen MR) is 67.1 cm³/mol. The molecule has 0 spiro atoms. The Labute approximate surface area is 112 Å². The first-order valence-electron chi connectivity index (χ1n) is 7.12. The Morgan fingerprint density at radius 3 is 2.37 bits per heavy atom. The lowest BCUT2D eigenvalue weighted by Gasteiger charge is -2.37. The van der Waals surface area contributed by atoms with Crippen molar-refractivity contribution >= 4 is 0 Å². The summed E-state index contributed by atoms with van der Waals surface area (Å²) in [6.45, 7) is 2.55. The molecule has 2 aliphatic rings. The molecule has 0 aromatic rings. The van der Waals surface area contributed by atoms with Gasteiger partial charge in [0, 0.05) is 24.7 Å². The van der Waals surface area contributed by atoms with Gasteiger partial charge >= 0.3 is 6.18 Å². The van der Waals surface area contributed by atoms with Gasteiger partial charge in [-0.15, -0.1) is 0 Å². The standard InChI is InChI=1S/C13H23F3N2O/c1-2-18(5-6-19-9-13(14,15)16)12-7-10-3-4-11(8-12)17-10/h10-12,17H,2-9H2,1H3. The Hall–Kier alpha value is -0.330. The van der Waals surface area contributed by atoms with Crippen LogP contribution in [0.1, 0.15) is 32.6 Å². The molecule has 0 radical (unpaired) electrons. The highest BCUT2D eigenvalue weighted by Crippen LogP contribution is 2.29. The maximum Gasteiger partial charge on any atom is 0.411 e. The molecule has 2 saturated heterocycles. The minimum Gasteiger partial charge on any atom is -0.371 e. The number of ether oxygens (including phenoxy) is 1. The molecule has 2 aliphatic heterocycles. The summed E-state index contributed by atoms with van der Waals surface area (Å²) in [5.74, 6) is 0. The fourth-order valence-electron chi connectivity index (χ4n) is 3.29. The zero-order chi connectivity index (χ0) is 13.9. The smallest absolute Gasteiger partial charge is 0.371 e. The molecule has 2 heterocycles. The van der Waals surface area contributed by atoms with Gasteiger partial charge in [0.25, 0.3) is 0 Å². The van der Waals surface area contributed by atoms with Gasteiger partial charge in [-0.2, -0.15) is 13.2 Å². The van der Waals surface area contributed by atoms with Gasteiger partial charge in [0.2, 0.25) is 0 Å². The van der Waals surface area contributed by atoms with Crippen molar-refractivity contribution in [1.82, 2.24) is 10.2 Å². The highest BCUT2D eigenvalue weighted by Gasteiger charge is 2.35. The number of piperidine rings is 1. The molecule has 2 fully saturated rings. The first-order chi connectivity index (χ1) is 8.98. The van der Waals surface area contributed by atoms with Crippen LogP contribution in [0.2, 0.25) is 0 Å². The Balaban J connectivity index is 1.71. The fraction of sp³-hybridized carbons (Fsp3) is 1.00. The molecule has 0 aromatic carbocycles. The highest BCUT2D eigenvalue weighted by atomic mass is 19.4. The number of fused-ring (bicyclic) bond motifs is 2. The van der Waals surface area contributed by atoms with Crippen molar-refractivity contribution < 1.29 is 17.9 Å². The van der Waals surface area contributed by atoms with Crippen LogP contribution in [0.5, 0.6) is 0 Å². The predicted octanol–water partition coefficient (Wildman–Crippen LogP) is 2.17. The van der Waals surface area contributed by atoms with Crippen molar-refractivity contribution in [2.75, 3.05) is 26.3 Å². The SMILES string of the molecule is CCN(CCOCC(F)(F)F)C1CC2CCC(C1)N2. The van der Waals surface area contributed by atoms with Crippen molar-refractivity contribution in [2.45, 2.75) is 56.9 Å². The van der Waals surface area contributed by atoms with Crippen LogP contribution < -0.4 is 5.32 Å². The molecule has 6 heteroatoms.